The number of rotatable bonds is 2. The number of aryl methyl sites for hydroxylation is 1. The molecule has 146 valence electrons. The molecule has 1 spiro atoms. The van der Waals surface area contributed by atoms with Gasteiger partial charge < -0.3 is 10.2 Å². The second-order valence-electron chi connectivity index (χ2n) is 7.68. The van der Waals surface area contributed by atoms with E-state index in [1.54, 1.807) is 28.9 Å². The van der Waals surface area contributed by atoms with Crippen LogP contribution >= 0.6 is 11.6 Å². The molecule has 2 amide bonds. The highest BCUT2D eigenvalue weighted by atomic mass is 35.5. The van der Waals surface area contributed by atoms with Crippen LogP contribution in [-0.2, 0) is 21.5 Å². The molecule has 6 nitrogen and oxygen atoms in total. The van der Waals surface area contributed by atoms with Crippen LogP contribution in [0.25, 0.3) is 0 Å². The number of aromatic nitrogens is 2. The molecule has 7 heteroatoms. The molecule has 2 aliphatic rings. The SMILES string of the molecule is Cc1ccc(Cn2ncc3c2NC(=O)C[C@@]32C(=O)N(C)c3cccc(Cl)c32)cc1. The topological polar surface area (TPSA) is 67.2 Å². The average molecular weight is 407 g/mol. The molecule has 0 radical (unpaired) electrons. The highest BCUT2D eigenvalue weighted by molar-refractivity contribution is 6.33. The summed E-state index contributed by atoms with van der Waals surface area (Å²) in [6, 6.07) is 13.6. The third-order valence-electron chi connectivity index (χ3n) is 5.89. The minimum Gasteiger partial charge on any atom is -0.314 e. The van der Waals surface area contributed by atoms with Crippen LogP contribution < -0.4 is 10.2 Å². The smallest absolute Gasteiger partial charge is 0.242 e. The summed E-state index contributed by atoms with van der Waals surface area (Å²) in [6.45, 7) is 2.53. The quantitative estimate of drug-likeness (QED) is 0.708. The number of halogens is 1. The third kappa shape index (κ3) is 2.45. The third-order valence-corrected chi connectivity index (χ3v) is 6.20. The van der Waals surface area contributed by atoms with Crippen molar-refractivity contribution in [1.29, 1.82) is 0 Å². The Balaban J connectivity index is 1.68. The maximum absolute atomic E-state index is 13.5. The Hall–Kier alpha value is -3.12. The molecular weight excluding hydrogens is 388 g/mol. The zero-order chi connectivity index (χ0) is 20.3. The Kier molecular flexibility index (Phi) is 3.83. The molecular formula is C22H19ClN4O2. The Bertz CT molecular complexity index is 1170. The minimum atomic E-state index is -1.15. The van der Waals surface area contributed by atoms with Gasteiger partial charge in [-0.3, -0.25) is 9.59 Å². The summed E-state index contributed by atoms with van der Waals surface area (Å²) in [5, 5.41) is 7.92. The first kappa shape index (κ1) is 17.9. The van der Waals surface area contributed by atoms with E-state index in [0.717, 1.165) is 11.3 Å². The lowest BCUT2D eigenvalue weighted by Crippen LogP contribution is -2.45. The van der Waals surface area contributed by atoms with Crippen LogP contribution in [0.5, 0.6) is 0 Å². The molecule has 0 unspecified atom stereocenters. The number of nitrogens with one attached hydrogen (secondary N) is 1. The number of benzene rings is 2. The first-order valence-corrected chi connectivity index (χ1v) is 9.78. The number of carbonyl (C=O) groups is 2. The summed E-state index contributed by atoms with van der Waals surface area (Å²) >= 11 is 6.55. The number of nitrogens with zero attached hydrogens (tertiary/aromatic N) is 3. The fraction of sp³-hybridized carbons (Fsp3) is 0.227. The summed E-state index contributed by atoms with van der Waals surface area (Å²) in [4.78, 5) is 27.8. The minimum absolute atomic E-state index is 0.0101. The van der Waals surface area contributed by atoms with Crippen LogP contribution in [0.2, 0.25) is 5.02 Å². The van der Waals surface area contributed by atoms with Crippen molar-refractivity contribution in [2.45, 2.75) is 25.3 Å². The number of anilines is 2. The summed E-state index contributed by atoms with van der Waals surface area (Å²) in [6.07, 6.45) is 1.70. The van der Waals surface area contributed by atoms with Crippen molar-refractivity contribution in [3.8, 4) is 0 Å². The van der Waals surface area contributed by atoms with Gasteiger partial charge in [0, 0.05) is 35.3 Å². The molecule has 0 saturated carbocycles. The van der Waals surface area contributed by atoms with Crippen molar-refractivity contribution >= 4 is 34.9 Å². The largest absolute Gasteiger partial charge is 0.314 e. The zero-order valence-electron chi connectivity index (χ0n) is 16.1. The second-order valence-corrected chi connectivity index (χ2v) is 8.09. The standard InChI is InChI=1S/C22H19ClN4O2/c1-13-6-8-14(9-7-13)12-27-20-15(11-24-27)22(10-18(28)25-20)19-16(23)4-3-5-17(19)26(2)21(22)29/h3-9,11H,10,12H2,1-2H3,(H,25,28)/t22-/m1/s1. The van der Waals surface area contributed by atoms with Crippen molar-refractivity contribution in [2.75, 3.05) is 17.3 Å². The van der Waals surface area contributed by atoms with E-state index in [4.69, 9.17) is 11.6 Å². The maximum Gasteiger partial charge on any atom is 0.242 e. The molecule has 0 fully saturated rings. The van der Waals surface area contributed by atoms with Gasteiger partial charge in [0.15, 0.2) is 0 Å². The normalized spacial score (nSPS) is 20.0. The van der Waals surface area contributed by atoms with Gasteiger partial charge in [0.25, 0.3) is 0 Å². The van der Waals surface area contributed by atoms with E-state index < -0.39 is 5.41 Å². The lowest BCUT2D eigenvalue weighted by Gasteiger charge is -2.32. The molecule has 3 heterocycles. The van der Waals surface area contributed by atoms with Crippen molar-refractivity contribution < 1.29 is 9.59 Å². The van der Waals surface area contributed by atoms with Gasteiger partial charge in [-0.15, -0.1) is 0 Å². The molecule has 2 aromatic carbocycles. The molecule has 1 aromatic heterocycles. The summed E-state index contributed by atoms with van der Waals surface area (Å²) < 4.78 is 1.74. The van der Waals surface area contributed by atoms with Gasteiger partial charge in [-0.2, -0.15) is 5.10 Å². The van der Waals surface area contributed by atoms with E-state index in [0.29, 0.717) is 28.5 Å². The lowest BCUT2D eigenvalue weighted by atomic mass is 9.71. The summed E-state index contributed by atoms with van der Waals surface area (Å²) in [5.41, 5.74) is 3.19. The van der Waals surface area contributed by atoms with Crippen molar-refractivity contribution in [2.24, 2.45) is 0 Å². The predicted molar refractivity (Wildman–Crippen MR) is 111 cm³/mol. The second kappa shape index (κ2) is 6.19. The molecule has 0 bridgehead atoms. The summed E-state index contributed by atoms with van der Waals surface area (Å²) in [5.74, 6) is 0.167. The zero-order valence-corrected chi connectivity index (χ0v) is 16.8. The van der Waals surface area contributed by atoms with Crippen molar-refractivity contribution in [3.63, 3.8) is 0 Å². The van der Waals surface area contributed by atoms with Crippen LogP contribution in [0.4, 0.5) is 11.5 Å². The van der Waals surface area contributed by atoms with Gasteiger partial charge >= 0.3 is 0 Å². The van der Waals surface area contributed by atoms with Gasteiger partial charge in [-0.25, -0.2) is 4.68 Å². The van der Waals surface area contributed by atoms with E-state index in [2.05, 4.69) is 10.4 Å². The Morgan fingerprint density at radius 2 is 1.93 bits per heavy atom. The Labute approximate surface area is 173 Å². The summed E-state index contributed by atoms with van der Waals surface area (Å²) in [7, 11) is 1.72. The Morgan fingerprint density at radius 3 is 2.69 bits per heavy atom. The molecule has 5 rings (SSSR count). The van der Waals surface area contributed by atoms with E-state index >= 15 is 0 Å². The van der Waals surface area contributed by atoms with Crippen LogP contribution in [0.3, 0.4) is 0 Å². The van der Waals surface area contributed by atoms with E-state index in [1.165, 1.54) is 5.56 Å². The highest BCUT2D eigenvalue weighted by Crippen LogP contribution is 2.53. The number of amides is 2. The van der Waals surface area contributed by atoms with Gasteiger partial charge in [-0.1, -0.05) is 47.5 Å². The van der Waals surface area contributed by atoms with Crippen molar-refractivity contribution in [1.82, 2.24) is 9.78 Å². The number of hydrogen-bond acceptors (Lipinski definition) is 3. The first-order chi connectivity index (χ1) is 13.9. The van der Waals surface area contributed by atoms with E-state index in [9.17, 15) is 9.59 Å². The van der Waals surface area contributed by atoms with Crippen LogP contribution in [-0.4, -0.2) is 28.6 Å². The molecule has 29 heavy (non-hydrogen) atoms. The number of likely N-dealkylation sites (N-methyl/N-ethyl adjacent to an activating group) is 1. The van der Waals surface area contributed by atoms with E-state index in [-0.39, 0.29) is 18.2 Å². The van der Waals surface area contributed by atoms with Gasteiger partial charge in [0.2, 0.25) is 11.8 Å². The first-order valence-electron chi connectivity index (χ1n) is 9.40. The molecule has 2 aliphatic heterocycles. The highest BCUT2D eigenvalue weighted by Gasteiger charge is 2.57. The maximum atomic E-state index is 13.5. The molecule has 0 saturated heterocycles. The number of fused-ring (bicyclic) bond motifs is 4. The van der Waals surface area contributed by atoms with Crippen LogP contribution in [0, 0.1) is 6.92 Å². The van der Waals surface area contributed by atoms with E-state index in [1.807, 2.05) is 43.3 Å². The molecule has 0 aliphatic carbocycles. The van der Waals surface area contributed by atoms with Gasteiger partial charge in [0.1, 0.15) is 11.2 Å². The van der Waals surface area contributed by atoms with Crippen LogP contribution in [0.1, 0.15) is 28.7 Å². The van der Waals surface area contributed by atoms with Crippen molar-refractivity contribution in [3.05, 3.63) is 75.9 Å². The molecule has 1 atom stereocenters. The Morgan fingerprint density at radius 1 is 1.17 bits per heavy atom. The fourth-order valence-corrected chi connectivity index (χ4v) is 4.79. The monoisotopic (exact) mass is 406 g/mol. The molecule has 1 N–H and O–H groups in total. The number of carbonyl (C=O) groups excluding carboxylic acids is 2. The van der Waals surface area contributed by atoms with Gasteiger partial charge in [0.05, 0.1) is 12.7 Å². The number of hydrogen-bond donors (Lipinski definition) is 1. The fourth-order valence-electron chi connectivity index (χ4n) is 4.46. The molecule has 3 aromatic rings. The lowest BCUT2D eigenvalue weighted by molar-refractivity contribution is -0.126. The van der Waals surface area contributed by atoms with Gasteiger partial charge in [-0.05, 0) is 24.6 Å². The predicted octanol–water partition coefficient (Wildman–Crippen LogP) is 3.50. The van der Waals surface area contributed by atoms with Crippen LogP contribution in [0.15, 0.2) is 48.7 Å². The average Bonchev–Trinajstić information content (AvgIpc) is 3.18.